The monoisotopic (exact) mass is 170 g/mol. The van der Waals surface area contributed by atoms with E-state index in [0.717, 1.165) is 12.8 Å². The average molecular weight is 170 g/mol. The molecule has 1 unspecified atom stereocenters. The zero-order valence-corrected chi connectivity index (χ0v) is 7.50. The van der Waals surface area contributed by atoms with Crippen LogP contribution in [0.4, 0.5) is 0 Å². The first-order valence-electron chi connectivity index (χ1n) is 4.37. The van der Waals surface area contributed by atoms with E-state index in [2.05, 4.69) is 0 Å². The quantitative estimate of drug-likeness (QED) is 0.579. The van der Waals surface area contributed by atoms with Crippen molar-refractivity contribution in [2.45, 2.75) is 25.0 Å². The molecule has 12 heavy (non-hydrogen) atoms. The van der Waals surface area contributed by atoms with Crippen LogP contribution in [-0.4, -0.2) is 25.8 Å². The van der Waals surface area contributed by atoms with Crippen LogP contribution < -0.4 is 0 Å². The molecule has 2 bridgehead atoms. The van der Waals surface area contributed by atoms with E-state index in [1.54, 1.807) is 14.2 Å². The molecule has 0 aliphatic heterocycles. The van der Waals surface area contributed by atoms with Gasteiger partial charge in [-0.2, -0.15) is 0 Å². The molecule has 0 N–H and O–H groups in total. The van der Waals surface area contributed by atoms with E-state index in [1.165, 1.54) is 0 Å². The van der Waals surface area contributed by atoms with Crippen molar-refractivity contribution in [2.75, 3.05) is 14.2 Å². The zero-order chi connectivity index (χ0) is 8.77. The molecule has 2 atom stereocenters. The van der Waals surface area contributed by atoms with Crippen LogP contribution in [-0.2, 0) is 14.3 Å². The molecular weight excluding hydrogens is 156 g/mol. The average Bonchev–Trinajstić information content (AvgIpc) is 2.56. The van der Waals surface area contributed by atoms with Gasteiger partial charge < -0.3 is 9.47 Å². The zero-order valence-electron chi connectivity index (χ0n) is 7.50. The summed E-state index contributed by atoms with van der Waals surface area (Å²) < 4.78 is 10.7. The van der Waals surface area contributed by atoms with Crippen LogP contribution in [0.15, 0.2) is 0 Å². The van der Waals surface area contributed by atoms with E-state index in [1.807, 2.05) is 0 Å². The minimum Gasteiger partial charge on any atom is -0.352 e. The Morgan fingerprint density at radius 1 is 1.33 bits per heavy atom. The maximum absolute atomic E-state index is 11.4. The number of ketones is 1. The molecule has 2 aliphatic carbocycles. The van der Waals surface area contributed by atoms with Gasteiger partial charge in [0.2, 0.25) is 0 Å². The fraction of sp³-hybridized carbons (Fsp3) is 0.889. The number of carbonyl (C=O) groups is 1. The third kappa shape index (κ3) is 0.756. The van der Waals surface area contributed by atoms with E-state index in [0.29, 0.717) is 18.1 Å². The topological polar surface area (TPSA) is 35.5 Å². The van der Waals surface area contributed by atoms with Gasteiger partial charge in [-0.15, -0.1) is 0 Å². The molecule has 0 aromatic heterocycles. The van der Waals surface area contributed by atoms with Crippen LogP contribution in [0.1, 0.15) is 19.3 Å². The number of Topliss-reactive ketones (excluding diaryl/α,β-unsaturated/α-hetero) is 1. The summed E-state index contributed by atoms with van der Waals surface area (Å²) in [5.74, 6) is 0.0364. The number of carbonyl (C=O) groups excluding carboxylic acids is 1. The van der Waals surface area contributed by atoms with Crippen LogP contribution in [0, 0.1) is 11.8 Å². The van der Waals surface area contributed by atoms with Crippen molar-refractivity contribution in [3.05, 3.63) is 0 Å². The highest BCUT2D eigenvalue weighted by Gasteiger charge is 2.60. The van der Waals surface area contributed by atoms with Crippen LogP contribution in [0.25, 0.3) is 0 Å². The minimum atomic E-state index is -0.572. The Morgan fingerprint density at radius 2 is 2.00 bits per heavy atom. The van der Waals surface area contributed by atoms with Crippen molar-refractivity contribution in [2.24, 2.45) is 11.8 Å². The molecule has 0 aromatic carbocycles. The first-order valence-corrected chi connectivity index (χ1v) is 4.37. The van der Waals surface area contributed by atoms with Gasteiger partial charge in [0, 0.05) is 26.6 Å². The smallest absolute Gasteiger partial charge is 0.180 e. The Kier molecular flexibility index (Phi) is 1.73. The van der Waals surface area contributed by atoms with Crippen molar-refractivity contribution >= 4 is 5.78 Å². The third-order valence-corrected chi connectivity index (χ3v) is 3.33. The van der Waals surface area contributed by atoms with E-state index in [9.17, 15) is 4.79 Å². The Labute approximate surface area is 72.0 Å². The maximum atomic E-state index is 11.4. The SMILES string of the molecule is COC1(OC)C2CC[C@H]1C(=O)C2. The number of methoxy groups -OCH3 is 2. The molecular formula is C9H14O3. The van der Waals surface area contributed by atoms with Gasteiger partial charge in [-0.1, -0.05) is 0 Å². The molecule has 0 spiro atoms. The van der Waals surface area contributed by atoms with Gasteiger partial charge in [-0.05, 0) is 12.8 Å². The van der Waals surface area contributed by atoms with Gasteiger partial charge in [-0.25, -0.2) is 0 Å². The Bertz CT molecular complexity index is 208. The van der Waals surface area contributed by atoms with E-state index >= 15 is 0 Å². The van der Waals surface area contributed by atoms with Crippen molar-refractivity contribution < 1.29 is 14.3 Å². The van der Waals surface area contributed by atoms with Crippen LogP contribution in [0.5, 0.6) is 0 Å². The van der Waals surface area contributed by atoms with E-state index < -0.39 is 5.79 Å². The van der Waals surface area contributed by atoms with Gasteiger partial charge in [0.25, 0.3) is 0 Å². The third-order valence-electron chi connectivity index (χ3n) is 3.33. The first-order chi connectivity index (χ1) is 5.74. The molecule has 0 amide bonds. The minimum absolute atomic E-state index is 0.00231. The van der Waals surface area contributed by atoms with Crippen molar-refractivity contribution in [3.63, 3.8) is 0 Å². The summed E-state index contributed by atoms with van der Waals surface area (Å²) in [4.78, 5) is 11.4. The lowest BCUT2D eigenvalue weighted by Gasteiger charge is -2.30. The highest BCUT2D eigenvalue weighted by molar-refractivity contribution is 5.86. The standard InChI is InChI=1S/C9H14O3/c1-11-9(12-2)6-3-4-7(9)8(10)5-6/h6-7H,3-5H2,1-2H3/t6?,7-/m0/s1. The van der Waals surface area contributed by atoms with E-state index in [-0.39, 0.29) is 5.92 Å². The van der Waals surface area contributed by atoms with Gasteiger partial charge >= 0.3 is 0 Å². The number of fused-ring (bicyclic) bond motifs is 2. The molecule has 0 saturated heterocycles. The van der Waals surface area contributed by atoms with Crippen molar-refractivity contribution in [1.29, 1.82) is 0 Å². The van der Waals surface area contributed by atoms with E-state index in [4.69, 9.17) is 9.47 Å². The summed E-state index contributed by atoms with van der Waals surface area (Å²) in [6, 6.07) is 0. The fourth-order valence-electron chi connectivity index (χ4n) is 2.77. The van der Waals surface area contributed by atoms with Gasteiger partial charge in [0.1, 0.15) is 5.78 Å². The second-order valence-corrected chi connectivity index (χ2v) is 3.63. The lowest BCUT2D eigenvalue weighted by molar-refractivity contribution is -0.233. The molecule has 2 rings (SSSR count). The summed E-state index contributed by atoms with van der Waals surface area (Å²) in [5.41, 5.74) is 0. The Morgan fingerprint density at radius 3 is 2.25 bits per heavy atom. The normalized spacial score (nSPS) is 37.7. The molecule has 3 nitrogen and oxygen atoms in total. The van der Waals surface area contributed by atoms with Crippen molar-refractivity contribution in [1.82, 2.24) is 0 Å². The fourth-order valence-corrected chi connectivity index (χ4v) is 2.77. The number of rotatable bonds is 2. The second kappa shape index (κ2) is 2.54. The molecule has 0 heterocycles. The summed E-state index contributed by atoms with van der Waals surface area (Å²) >= 11 is 0. The number of hydrogen-bond acceptors (Lipinski definition) is 3. The molecule has 2 saturated carbocycles. The highest BCUT2D eigenvalue weighted by atomic mass is 16.7. The van der Waals surface area contributed by atoms with Gasteiger partial charge in [0.15, 0.2) is 5.79 Å². The number of ether oxygens (including phenoxy) is 2. The van der Waals surface area contributed by atoms with Crippen molar-refractivity contribution in [3.8, 4) is 0 Å². The molecule has 3 heteroatoms. The summed E-state index contributed by atoms with van der Waals surface area (Å²) in [7, 11) is 3.26. The predicted molar refractivity (Wildman–Crippen MR) is 42.6 cm³/mol. The molecule has 2 fully saturated rings. The molecule has 0 aromatic rings. The summed E-state index contributed by atoms with van der Waals surface area (Å²) in [6.07, 6.45) is 2.65. The van der Waals surface area contributed by atoms with Crippen LogP contribution in [0.3, 0.4) is 0 Å². The Hall–Kier alpha value is -0.410. The lowest BCUT2D eigenvalue weighted by Crippen LogP contribution is -2.39. The Balaban J connectivity index is 2.32. The van der Waals surface area contributed by atoms with Gasteiger partial charge in [0.05, 0.1) is 5.92 Å². The first kappa shape index (κ1) is 8.20. The highest BCUT2D eigenvalue weighted by Crippen LogP contribution is 2.52. The molecule has 0 radical (unpaired) electrons. The maximum Gasteiger partial charge on any atom is 0.180 e. The van der Waals surface area contributed by atoms with Crippen LogP contribution >= 0.6 is 0 Å². The summed E-state index contributed by atoms with van der Waals surface area (Å²) in [6.45, 7) is 0. The van der Waals surface area contributed by atoms with Crippen LogP contribution in [0.2, 0.25) is 0 Å². The largest absolute Gasteiger partial charge is 0.352 e. The molecule has 68 valence electrons. The lowest BCUT2D eigenvalue weighted by atomic mass is 10.00. The summed E-state index contributed by atoms with van der Waals surface area (Å²) in [5, 5.41) is 0. The van der Waals surface area contributed by atoms with Gasteiger partial charge in [-0.3, -0.25) is 4.79 Å². The predicted octanol–water partition coefficient (Wildman–Crippen LogP) is 0.975. The second-order valence-electron chi connectivity index (χ2n) is 3.63. The number of hydrogen-bond donors (Lipinski definition) is 0. The molecule has 2 aliphatic rings.